The number of nitrogens with one attached hydrogen (secondary N) is 1. The number of benzene rings is 1. The number of aromatic nitrogens is 1. The van der Waals surface area contributed by atoms with Crippen LogP contribution in [0, 0.1) is 6.92 Å². The van der Waals surface area contributed by atoms with Gasteiger partial charge in [0.1, 0.15) is 4.60 Å². The summed E-state index contributed by atoms with van der Waals surface area (Å²) in [5.74, 6) is 0. The second kappa shape index (κ2) is 5.94. The van der Waals surface area contributed by atoms with Crippen molar-refractivity contribution in [3.8, 4) is 0 Å². The van der Waals surface area contributed by atoms with Gasteiger partial charge in [0.15, 0.2) is 0 Å². The summed E-state index contributed by atoms with van der Waals surface area (Å²) in [6.07, 6.45) is 0. The molecule has 2 rings (SSSR count). The van der Waals surface area contributed by atoms with Crippen LogP contribution < -0.4 is 5.32 Å². The highest BCUT2D eigenvalue weighted by Crippen LogP contribution is 2.07. The third-order valence-electron chi connectivity index (χ3n) is 2.49. The van der Waals surface area contributed by atoms with Crippen molar-refractivity contribution in [2.75, 3.05) is 0 Å². The van der Waals surface area contributed by atoms with E-state index >= 15 is 0 Å². The molecule has 1 N–H and O–H groups in total. The zero-order valence-corrected chi connectivity index (χ0v) is 11.4. The maximum atomic E-state index is 4.38. The van der Waals surface area contributed by atoms with Crippen molar-refractivity contribution in [1.82, 2.24) is 10.3 Å². The molecule has 88 valence electrons. The molecular weight excluding hydrogens is 276 g/mol. The van der Waals surface area contributed by atoms with Crippen molar-refractivity contribution >= 4 is 15.9 Å². The fourth-order valence-electron chi connectivity index (χ4n) is 1.71. The molecule has 3 heteroatoms. The Balaban J connectivity index is 1.87. The molecule has 17 heavy (non-hydrogen) atoms. The normalized spacial score (nSPS) is 10.5. The molecule has 0 aliphatic heterocycles. The SMILES string of the molecule is Cc1cccc(CNCc2cccc(Br)n2)c1. The largest absolute Gasteiger partial charge is 0.307 e. The van der Waals surface area contributed by atoms with Crippen LogP contribution in [0.25, 0.3) is 0 Å². The predicted octanol–water partition coefficient (Wildman–Crippen LogP) is 3.44. The van der Waals surface area contributed by atoms with Crippen LogP contribution in [-0.2, 0) is 13.1 Å². The molecule has 1 aromatic heterocycles. The first-order valence-electron chi connectivity index (χ1n) is 5.62. The van der Waals surface area contributed by atoms with Crippen LogP contribution in [0.2, 0.25) is 0 Å². The number of hydrogen-bond acceptors (Lipinski definition) is 2. The van der Waals surface area contributed by atoms with Crippen LogP contribution in [0.3, 0.4) is 0 Å². The van der Waals surface area contributed by atoms with E-state index in [1.54, 1.807) is 0 Å². The molecule has 0 amide bonds. The minimum absolute atomic E-state index is 0.785. The lowest BCUT2D eigenvalue weighted by Gasteiger charge is -2.05. The molecule has 2 nitrogen and oxygen atoms in total. The first kappa shape index (κ1) is 12.3. The van der Waals surface area contributed by atoms with E-state index in [0.717, 1.165) is 23.4 Å². The molecule has 0 saturated carbocycles. The first-order chi connectivity index (χ1) is 8.24. The Hall–Kier alpha value is -1.19. The molecule has 1 aromatic carbocycles. The summed E-state index contributed by atoms with van der Waals surface area (Å²) in [4.78, 5) is 4.38. The number of hydrogen-bond donors (Lipinski definition) is 1. The zero-order valence-electron chi connectivity index (χ0n) is 9.78. The van der Waals surface area contributed by atoms with E-state index in [1.807, 2.05) is 18.2 Å². The third kappa shape index (κ3) is 3.95. The van der Waals surface area contributed by atoms with Gasteiger partial charge in [-0.2, -0.15) is 0 Å². The van der Waals surface area contributed by atoms with Crippen LogP contribution in [0.5, 0.6) is 0 Å². The van der Waals surface area contributed by atoms with Gasteiger partial charge in [-0.25, -0.2) is 4.98 Å². The van der Waals surface area contributed by atoms with Gasteiger partial charge < -0.3 is 5.32 Å². The zero-order chi connectivity index (χ0) is 12.1. The van der Waals surface area contributed by atoms with Crippen molar-refractivity contribution in [1.29, 1.82) is 0 Å². The van der Waals surface area contributed by atoms with Crippen molar-refractivity contribution in [2.24, 2.45) is 0 Å². The lowest BCUT2D eigenvalue weighted by molar-refractivity contribution is 0.678. The van der Waals surface area contributed by atoms with Gasteiger partial charge in [0, 0.05) is 13.1 Å². The summed E-state index contributed by atoms with van der Waals surface area (Å²) in [6, 6.07) is 14.5. The standard InChI is InChI=1S/C14H15BrN2/c1-11-4-2-5-12(8-11)9-16-10-13-6-3-7-14(15)17-13/h2-8,16H,9-10H2,1H3. The van der Waals surface area contributed by atoms with Crippen molar-refractivity contribution in [3.05, 3.63) is 63.9 Å². The quantitative estimate of drug-likeness (QED) is 0.873. The van der Waals surface area contributed by atoms with E-state index in [-0.39, 0.29) is 0 Å². The van der Waals surface area contributed by atoms with Gasteiger partial charge in [-0.05, 0) is 40.5 Å². The highest BCUT2D eigenvalue weighted by molar-refractivity contribution is 9.10. The van der Waals surface area contributed by atoms with Crippen LogP contribution in [-0.4, -0.2) is 4.98 Å². The summed E-state index contributed by atoms with van der Waals surface area (Å²) in [7, 11) is 0. The van der Waals surface area contributed by atoms with Crippen LogP contribution in [0.1, 0.15) is 16.8 Å². The Kier molecular flexibility index (Phi) is 4.29. The maximum absolute atomic E-state index is 4.38. The van der Waals surface area contributed by atoms with Crippen molar-refractivity contribution in [2.45, 2.75) is 20.0 Å². The molecular formula is C14H15BrN2. The van der Waals surface area contributed by atoms with Gasteiger partial charge in [-0.3, -0.25) is 0 Å². The van der Waals surface area contributed by atoms with Gasteiger partial charge >= 0.3 is 0 Å². The molecule has 0 atom stereocenters. The van der Waals surface area contributed by atoms with Crippen LogP contribution in [0.4, 0.5) is 0 Å². The Labute approximate surface area is 110 Å². The molecule has 0 spiro atoms. The first-order valence-corrected chi connectivity index (χ1v) is 6.41. The summed E-state index contributed by atoms with van der Waals surface area (Å²) < 4.78 is 0.882. The number of rotatable bonds is 4. The molecule has 0 saturated heterocycles. The molecule has 0 fully saturated rings. The Morgan fingerprint density at radius 1 is 1.12 bits per heavy atom. The highest BCUT2D eigenvalue weighted by atomic mass is 79.9. The fraction of sp³-hybridized carbons (Fsp3) is 0.214. The van der Waals surface area contributed by atoms with Gasteiger partial charge in [0.25, 0.3) is 0 Å². The van der Waals surface area contributed by atoms with Gasteiger partial charge in [-0.1, -0.05) is 35.9 Å². The smallest absolute Gasteiger partial charge is 0.106 e. The molecule has 1 heterocycles. The van der Waals surface area contributed by atoms with E-state index in [4.69, 9.17) is 0 Å². The van der Waals surface area contributed by atoms with E-state index in [9.17, 15) is 0 Å². The van der Waals surface area contributed by atoms with Crippen LogP contribution >= 0.6 is 15.9 Å². The summed E-state index contributed by atoms with van der Waals surface area (Å²) >= 11 is 3.37. The van der Waals surface area contributed by atoms with E-state index < -0.39 is 0 Å². The molecule has 0 unspecified atom stereocenters. The molecule has 2 aromatic rings. The Bertz CT molecular complexity index is 452. The lowest BCUT2D eigenvalue weighted by Crippen LogP contribution is -2.13. The number of nitrogens with zero attached hydrogens (tertiary/aromatic N) is 1. The second-order valence-corrected chi connectivity index (χ2v) is 4.86. The number of halogens is 1. The van der Waals surface area contributed by atoms with E-state index in [0.29, 0.717) is 0 Å². The average molecular weight is 291 g/mol. The Morgan fingerprint density at radius 3 is 2.71 bits per heavy atom. The molecule has 0 radical (unpaired) electrons. The van der Waals surface area contributed by atoms with Gasteiger partial charge in [-0.15, -0.1) is 0 Å². The summed E-state index contributed by atoms with van der Waals surface area (Å²) in [6.45, 7) is 3.77. The summed E-state index contributed by atoms with van der Waals surface area (Å²) in [5.41, 5.74) is 3.65. The second-order valence-electron chi connectivity index (χ2n) is 4.04. The molecule has 0 aliphatic rings. The molecule has 0 aliphatic carbocycles. The minimum atomic E-state index is 0.785. The van der Waals surface area contributed by atoms with Gasteiger partial charge in [0.05, 0.1) is 5.69 Å². The van der Waals surface area contributed by atoms with E-state index in [2.05, 4.69) is 57.4 Å². The fourth-order valence-corrected chi connectivity index (χ4v) is 2.09. The monoisotopic (exact) mass is 290 g/mol. The Morgan fingerprint density at radius 2 is 1.94 bits per heavy atom. The summed E-state index contributed by atoms with van der Waals surface area (Å²) in [5, 5.41) is 3.39. The van der Waals surface area contributed by atoms with Crippen molar-refractivity contribution in [3.63, 3.8) is 0 Å². The number of aryl methyl sites for hydroxylation is 1. The highest BCUT2D eigenvalue weighted by Gasteiger charge is 1.96. The average Bonchev–Trinajstić information content (AvgIpc) is 2.29. The predicted molar refractivity (Wildman–Crippen MR) is 73.7 cm³/mol. The van der Waals surface area contributed by atoms with Gasteiger partial charge in [0.2, 0.25) is 0 Å². The van der Waals surface area contributed by atoms with E-state index in [1.165, 1.54) is 11.1 Å². The van der Waals surface area contributed by atoms with Crippen molar-refractivity contribution < 1.29 is 0 Å². The van der Waals surface area contributed by atoms with Crippen LogP contribution in [0.15, 0.2) is 47.1 Å². The number of pyridine rings is 1. The topological polar surface area (TPSA) is 24.9 Å². The molecule has 0 bridgehead atoms. The lowest BCUT2D eigenvalue weighted by atomic mass is 10.1. The third-order valence-corrected chi connectivity index (χ3v) is 2.93. The maximum Gasteiger partial charge on any atom is 0.106 e. The minimum Gasteiger partial charge on any atom is -0.307 e.